The molecule has 0 amide bonds. The molecule has 1 rings (SSSR count). The Balaban J connectivity index is 2.59. The molecule has 0 fully saturated rings. The van der Waals surface area contributed by atoms with E-state index in [9.17, 15) is 9.59 Å². The van der Waals surface area contributed by atoms with Crippen molar-refractivity contribution in [3.8, 4) is 6.07 Å². The molecule has 0 aliphatic rings. The third-order valence-corrected chi connectivity index (χ3v) is 3.25. The molecule has 0 saturated heterocycles. The Labute approximate surface area is 108 Å². The lowest BCUT2D eigenvalue weighted by Gasteiger charge is -2.09. The zero-order valence-corrected chi connectivity index (χ0v) is 11.1. The van der Waals surface area contributed by atoms with Gasteiger partial charge in [-0.3, -0.25) is 19.4 Å². The average Bonchev–Trinajstić information content (AvgIpc) is 2.34. The van der Waals surface area contributed by atoms with E-state index in [1.807, 2.05) is 6.92 Å². The Hall–Kier alpha value is -1.59. The first-order valence-corrected chi connectivity index (χ1v) is 6.50. The second-order valence-corrected chi connectivity index (χ2v) is 4.64. The number of aromatic amines is 1. The van der Waals surface area contributed by atoms with Crippen molar-refractivity contribution in [1.82, 2.24) is 20.1 Å². The summed E-state index contributed by atoms with van der Waals surface area (Å²) in [6.45, 7) is 2.67. The molecule has 1 aromatic heterocycles. The molecule has 18 heavy (non-hydrogen) atoms. The number of hydrogen-bond acceptors (Lipinski definition) is 6. The second-order valence-electron chi connectivity index (χ2n) is 3.58. The molecule has 1 atom stereocenters. The van der Waals surface area contributed by atoms with E-state index in [0.717, 1.165) is 6.54 Å². The topological polar surface area (TPSA) is 104 Å². The fraction of sp³-hybridized carbons (Fsp3) is 0.600. The third kappa shape index (κ3) is 4.01. The lowest BCUT2D eigenvalue weighted by molar-refractivity contribution is 0.591. The van der Waals surface area contributed by atoms with Gasteiger partial charge in [-0.05, 0) is 13.0 Å². The lowest BCUT2D eigenvalue weighted by Crippen LogP contribution is -2.34. The van der Waals surface area contributed by atoms with Crippen molar-refractivity contribution < 1.29 is 0 Å². The number of rotatable bonds is 6. The Morgan fingerprint density at radius 1 is 1.61 bits per heavy atom. The van der Waals surface area contributed by atoms with Crippen molar-refractivity contribution in [2.75, 3.05) is 12.3 Å². The predicted molar refractivity (Wildman–Crippen MR) is 68.5 cm³/mol. The normalized spacial score (nSPS) is 12.1. The fourth-order valence-corrected chi connectivity index (χ4v) is 2.24. The summed E-state index contributed by atoms with van der Waals surface area (Å²) in [5, 5.41) is 14.7. The van der Waals surface area contributed by atoms with Crippen LogP contribution in [0, 0.1) is 11.3 Å². The molecule has 0 saturated carbocycles. The van der Waals surface area contributed by atoms with E-state index in [4.69, 9.17) is 5.26 Å². The summed E-state index contributed by atoms with van der Waals surface area (Å²) in [4.78, 5) is 25.8. The molecule has 0 aliphatic heterocycles. The Bertz CT molecular complexity index is 544. The van der Waals surface area contributed by atoms with Crippen LogP contribution in [-0.2, 0) is 7.05 Å². The van der Waals surface area contributed by atoms with Crippen LogP contribution in [0.4, 0.5) is 0 Å². The molecule has 0 radical (unpaired) electrons. The molecule has 1 aromatic rings. The number of hydrogen-bond donors (Lipinski definition) is 2. The fourth-order valence-electron chi connectivity index (χ4n) is 1.32. The summed E-state index contributed by atoms with van der Waals surface area (Å²) in [5.74, 6) is 0.636. The largest absolute Gasteiger partial charge is 0.339 e. The summed E-state index contributed by atoms with van der Waals surface area (Å²) in [6, 6.07) is 1.95. The molecule has 0 aliphatic carbocycles. The first kappa shape index (κ1) is 14.5. The number of nitrogens with zero attached hydrogens (tertiary/aromatic N) is 3. The standard InChI is InChI=1S/C10H15N5O2S/c1-3-12-7(6-11)4-5-18-10-13-8(16)9(17)14-15(10)2/h7,12H,3-5H2,1-2H3,(H,14,17). The Morgan fingerprint density at radius 2 is 2.33 bits per heavy atom. The Morgan fingerprint density at radius 3 is 2.94 bits per heavy atom. The first-order valence-electron chi connectivity index (χ1n) is 5.51. The van der Waals surface area contributed by atoms with Crippen LogP contribution in [0.25, 0.3) is 0 Å². The SMILES string of the molecule is CCNC(C#N)CCSc1nc(=O)c(=O)[nH]n1C. The van der Waals surface area contributed by atoms with Crippen LogP contribution in [0.2, 0.25) is 0 Å². The van der Waals surface area contributed by atoms with Gasteiger partial charge in [0.25, 0.3) is 0 Å². The van der Waals surface area contributed by atoms with Crippen molar-refractivity contribution in [3.05, 3.63) is 20.7 Å². The lowest BCUT2D eigenvalue weighted by atomic mass is 10.2. The van der Waals surface area contributed by atoms with E-state index < -0.39 is 11.1 Å². The van der Waals surface area contributed by atoms with E-state index >= 15 is 0 Å². The highest BCUT2D eigenvalue weighted by atomic mass is 32.2. The molecule has 0 spiro atoms. The number of aryl methyl sites for hydroxylation is 1. The minimum Gasteiger partial charge on any atom is -0.302 e. The minimum absolute atomic E-state index is 0.206. The zero-order valence-electron chi connectivity index (χ0n) is 10.3. The maximum absolute atomic E-state index is 11.1. The highest BCUT2D eigenvalue weighted by Crippen LogP contribution is 2.13. The van der Waals surface area contributed by atoms with Gasteiger partial charge in [-0.25, -0.2) is 0 Å². The van der Waals surface area contributed by atoms with Crippen molar-refractivity contribution in [1.29, 1.82) is 5.26 Å². The summed E-state index contributed by atoms with van der Waals surface area (Å²) in [5.41, 5.74) is -1.52. The average molecular weight is 269 g/mol. The van der Waals surface area contributed by atoms with Gasteiger partial charge in [0, 0.05) is 12.8 Å². The van der Waals surface area contributed by atoms with Gasteiger partial charge in [-0.1, -0.05) is 18.7 Å². The van der Waals surface area contributed by atoms with Gasteiger partial charge in [0.2, 0.25) is 0 Å². The van der Waals surface area contributed by atoms with E-state index in [-0.39, 0.29) is 6.04 Å². The van der Waals surface area contributed by atoms with Crippen LogP contribution in [-0.4, -0.2) is 33.1 Å². The van der Waals surface area contributed by atoms with E-state index in [2.05, 4.69) is 21.5 Å². The second kappa shape index (κ2) is 6.98. The molecule has 1 heterocycles. The smallest absolute Gasteiger partial charge is 0.302 e. The number of H-pyrrole nitrogens is 1. The summed E-state index contributed by atoms with van der Waals surface area (Å²) in [6.07, 6.45) is 0.643. The number of aromatic nitrogens is 3. The zero-order chi connectivity index (χ0) is 13.5. The van der Waals surface area contributed by atoms with E-state index in [1.165, 1.54) is 16.4 Å². The predicted octanol–water partition coefficient (Wildman–Crippen LogP) is -0.548. The minimum atomic E-state index is -0.792. The van der Waals surface area contributed by atoms with Crippen LogP contribution < -0.4 is 16.4 Å². The van der Waals surface area contributed by atoms with Crippen LogP contribution in [0.5, 0.6) is 0 Å². The highest BCUT2D eigenvalue weighted by Gasteiger charge is 2.08. The first-order chi connectivity index (χ1) is 8.58. The molecule has 7 nitrogen and oxygen atoms in total. The maximum Gasteiger partial charge on any atom is 0.339 e. The van der Waals surface area contributed by atoms with Gasteiger partial charge < -0.3 is 5.32 Å². The monoisotopic (exact) mass is 269 g/mol. The molecular weight excluding hydrogens is 254 g/mol. The summed E-state index contributed by atoms with van der Waals surface area (Å²) in [7, 11) is 1.61. The van der Waals surface area contributed by atoms with Gasteiger partial charge in [-0.2, -0.15) is 10.2 Å². The molecule has 1 unspecified atom stereocenters. The van der Waals surface area contributed by atoms with Crippen molar-refractivity contribution in [3.63, 3.8) is 0 Å². The van der Waals surface area contributed by atoms with Crippen LogP contribution in [0.15, 0.2) is 14.7 Å². The van der Waals surface area contributed by atoms with Crippen LogP contribution >= 0.6 is 11.8 Å². The van der Waals surface area contributed by atoms with Gasteiger partial charge in [0.05, 0.1) is 12.1 Å². The van der Waals surface area contributed by atoms with Gasteiger partial charge in [0.15, 0.2) is 5.16 Å². The third-order valence-electron chi connectivity index (χ3n) is 2.19. The van der Waals surface area contributed by atoms with Crippen LogP contribution in [0.3, 0.4) is 0 Å². The van der Waals surface area contributed by atoms with Gasteiger partial charge in [0.1, 0.15) is 0 Å². The number of nitrogens with one attached hydrogen (secondary N) is 2. The van der Waals surface area contributed by atoms with Gasteiger partial charge >= 0.3 is 11.1 Å². The maximum atomic E-state index is 11.1. The number of thioether (sulfide) groups is 1. The van der Waals surface area contributed by atoms with Gasteiger partial charge in [-0.15, -0.1) is 0 Å². The molecule has 2 N–H and O–H groups in total. The summed E-state index contributed by atoms with van der Waals surface area (Å²) < 4.78 is 1.41. The van der Waals surface area contributed by atoms with Crippen molar-refractivity contribution >= 4 is 11.8 Å². The molecule has 0 bridgehead atoms. The highest BCUT2D eigenvalue weighted by molar-refractivity contribution is 7.99. The molecular formula is C10H15N5O2S. The van der Waals surface area contributed by atoms with Crippen molar-refractivity contribution in [2.24, 2.45) is 7.05 Å². The number of nitriles is 1. The Kier molecular flexibility index (Phi) is 5.61. The molecule has 0 aromatic carbocycles. The van der Waals surface area contributed by atoms with Crippen molar-refractivity contribution in [2.45, 2.75) is 24.5 Å². The molecule has 8 heteroatoms. The summed E-state index contributed by atoms with van der Waals surface area (Å²) >= 11 is 1.33. The van der Waals surface area contributed by atoms with E-state index in [1.54, 1.807) is 7.05 Å². The quantitative estimate of drug-likeness (QED) is 0.530. The molecule has 98 valence electrons. The van der Waals surface area contributed by atoms with E-state index in [0.29, 0.717) is 17.3 Å². The van der Waals surface area contributed by atoms with Crippen LogP contribution in [0.1, 0.15) is 13.3 Å².